The number of carbonyl (C=O) groups excluding carboxylic acids is 1. The Morgan fingerprint density at radius 2 is 1.73 bits per heavy atom. The van der Waals surface area contributed by atoms with E-state index in [1.54, 1.807) is 6.21 Å². The van der Waals surface area contributed by atoms with Crippen molar-refractivity contribution in [3.8, 4) is 22.8 Å². The number of hydrogen-bond acceptors (Lipinski definition) is 7. The summed E-state index contributed by atoms with van der Waals surface area (Å²) in [5.74, 6) is 0.594. The number of alkyl halides is 3. The number of hydrogen-bond donors (Lipinski definition) is 2. The van der Waals surface area contributed by atoms with E-state index >= 15 is 0 Å². The smallest absolute Gasteiger partial charge is 0.406 e. The van der Waals surface area contributed by atoms with Gasteiger partial charge < -0.3 is 10.1 Å². The van der Waals surface area contributed by atoms with Crippen molar-refractivity contribution in [1.82, 2.24) is 25.5 Å². The van der Waals surface area contributed by atoms with Gasteiger partial charge in [-0.25, -0.2) is 14.7 Å². The first kappa shape index (κ1) is 32.3. The molecule has 0 fully saturated rings. The second kappa shape index (κ2) is 14.7. The molecule has 13 heteroatoms. The van der Waals surface area contributed by atoms with Crippen molar-refractivity contribution in [3.63, 3.8) is 0 Å². The van der Waals surface area contributed by atoms with Gasteiger partial charge in [0.2, 0.25) is 5.91 Å². The van der Waals surface area contributed by atoms with Crippen molar-refractivity contribution in [2.45, 2.75) is 34.1 Å². The Balaban J connectivity index is 1.42. The highest BCUT2D eigenvalue weighted by molar-refractivity contribution is 8.14. The number of amides is 1. The van der Waals surface area contributed by atoms with Crippen molar-refractivity contribution >= 4 is 34.7 Å². The summed E-state index contributed by atoms with van der Waals surface area (Å²) in [6.07, 6.45) is -1.64. The summed E-state index contributed by atoms with van der Waals surface area (Å²) in [5.41, 5.74) is 7.89. The third-order valence-electron chi connectivity index (χ3n) is 6.07. The molecule has 0 spiro atoms. The molecule has 4 aromatic rings. The fraction of sp³-hybridized carbons (Fsp3) is 0.258. The lowest BCUT2D eigenvalue weighted by Gasteiger charge is -2.10. The average Bonchev–Trinajstić information content (AvgIpc) is 3.47. The van der Waals surface area contributed by atoms with Gasteiger partial charge in [0.15, 0.2) is 11.0 Å². The van der Waals surface area contributed by atoms with Crippen LogP contribution in [0.5, 0.6) is 5.75 Å². The van der Waals surface area contributed by atoms with Crippen molar-refractivity contribution in [2.24, 2.45) is 16.0 Å². The number of aliphatic imine (C=N–C) groups is 1. The number of nitrogens with zero attached hydrogens (tertiary/aromatic N) is 5. The number of hydrazone groups is 1. The molecular formula is C31H32F3N7O2S. The topological polar surface area (TPSA) is 106 Å². The molecule has 230 valence electrons. The number of thioether (sulfide) groups is 1. The molecule has 0 unspecified atom stereocenters. The first-order valence-electron chi connectivity index (χ1n) is 13.7. The van der Waals surface area contributed by atoms with Gasteiger partial charge in [-0.05, 0) is 60.7 Å². The molecule has 1 aromatic heterocycles. The molecule has 1 amide bonds. The lowest BCUT2D eigenvalue weighted by molar-refractivity contribution is -0.274. The predicted molar refractivity (Wildman–Crippen MR) is 168 cm³/mol. The van der Waals surface area contributed by atoms with E-state index in [1.807, 2.05) is 70.2 Å². The molecule has 2 N–H and O–H groups in total. The highest BCUT2D eigenvalue weighted by Crippen LogP contribution is 2.25. The summed E-state index contributed by atoms with van der Waals surface area (Å²) < 4.78 is 42.6. The monoisotopic (exact) mass is 623 g/mol. The van der Waals surface area contributed by atoms with Gasteiger partial charge in [-0.3, -0.25) is 10.2 Å². The minimum atomic E-state index is -4.75. The van der Waals surface area contributed by atoms with Crippen LogP contribution < -0.4 is 15.5 Å². The minimum absolute atomic E-state index is 0.0807. The van der Waals surface area contributed by atoms with Crippen molar-refractivity contribution in [2.75, 3.05) is 12.3 Å². The largest absolute Gasteiger partial charge is 0.573 e. The van der Waals surface area contributed by atoms with E-state index in [9.17, 15) is 18.0 Å². The van der Waals surface area contributed by atoms with Crippen LogP contribution in [-0.4, -0.2) is 50.7 Å². The van der Waals surface area contributed by atoms with E-state index in [-0.39, 0.29) is 17.4 Å². The zero-order valence-electron chi connectivity index (χ0n) is 24.6. The van der Waals surface area contributed by atoms with E-state index in [4.69, 9.17) is 4.99 Å². The van der Waals surface area contributed by atoms with E-state index in [0.717, 1.165) is 27.9 Å². The van der Waals surface area contributed by atoms with Gasteiger partial charge in [0, 0.05) is 12.1 Å². The highest BCUT2D eigenvalue weighted by atomic mass is 32.2. The Labute approximate surface area is 257 Å². The number of ether oxygens (including phenoxy) is 1. The van der Waals surface area contributed by atoms with Gasteiger partial charge in [-0.1, -0.05) is 68.1 Å². The number of para-hydroxylation sites is 1. The molecule has 0 atom stereocenters. The average molecular weight is 624 g/mol. The lowest BCUT2D eigenvalue weighted by atomic mass is 10.1. The molecule has 0 bridgehead atoms. The number of amidine groups is 1. The molecule has 3 aromatic carbocycles. The highest BCUT2D eigenvalue weighted by Gasteiger charge is 2.31. The van der Waals surface area contributed by atoms with Gasteiger partial charge in [-0.2, -0.15) is 5.10 Å². The number of nitrogens with one attached hydrogen (secondary N) is 2. The van der Waals surface area contributed by atoms with Gasteiger partial charge in [-0.15, -0.1) is 18.3 Å². The molecule has 4 rings (SSSR count). The zero-order valence-corrected chi connectivity index (χ0v) is 25.4. The van der Waals surface area contributed by atoms with Crippen LogP contribution in [-0.2, 0) is 4.79 Å². The predicted octanol–water partition coefficient (Wildman–Crippen LogP) is 6.57. The first-order valence-corrected chi connectivity index (χ1v) is 14.7. The zero-order chi connectivity index (χ0) is 31.7. The van der Waals surface area contributed by atoms with Crippen LogP contribution in [0.3, 0.4) is 0 Å². The SMILES string of the molecule is Cc1cccc(C)c1N=C(N/N=C\c1ccc(-c2ncn(-c3ccc(OC(F)(F)F)cc3)n2)cc1)SCC(=O)NCC(C)C. The van der Waals surface area contributed by atoms with Crippen LogP contribution >= 0.6 is 11.8 Å². The van der Waals surface area contributed by atoms with Crippen LogP contribution in [0.15, 0.2) is 83.2 Å². The molecule has 0 aliphatic rings. The van der Waals surface area contributed by atoms with E-state index in [0.29, 0.717) is 29.1 Å². The summed E-state index contributed by atoms with van der Waals surface area (Å²) in [5, 5.41) is 12.2. The summed E-state index contributed by atoms with van der Waals surface area (Å²) in [6, 6.07) is 18.6. The first-order chi connectivity index (χ1) is 21.0. The molecule has 0 saturated heterocycles. The van der Waals surface area contributed by atoms with Gasteiger partial charge >= 0.3 is 6.36 Å². The maximum Gasteiger partial charge on any atom is 0.573 e. The minimum Gasteiger partial charge on any atom is -0.406 e. The Morgan fingerprint density at radius 3 is 2.36 bits per heavy atom. The summed E-state index contributed by atoms with van der Waals surface area (Å²) in [6.45, 7) is 8.64. The van der Waals surface area contributed by atoms with Crippen LogP contribution in [0.2, 0.25) is 0 Å². The fourth-order valence-electron chi connectivity index (χ4n) is 3.88. The lowest BCUT2D eigenvalue weighted by Crippen LogP contribution is -2.30. The summed E-state index contributed by atoms with van der Waals surface area (Å²) in [7, 11) is 0. The quantitative estimate of drug-likeness (QED) is 0.118. The van der Waals surface area contributed by atoms with Crippen LogP contribution in [0, 0.1) is 19.8 Å². The number of carbonyl (C=O) groups is 1. The van der Waals surface area contributed by atoms with Crippen LogP contribution in [0.4, 0.5) is 18.9 Å². The van der Waals surface area contributed by atoms with Gasteiger partial charge in [0.25, 0.3) is 0 Å². The Kier molecular flexibility index (Phi) is 10.8. The molecule has 0 aliphatic carbocycles. The molecule has 44 heavy (non-hydrogen) atoms. The maximum atomic E-state index is 12.4. The van der Waals surface area contributed by atoms with E-state index in [1.165, 1.54) is 47.0 Å². The standard InChI is InChI=1S/C31H32F3N7O2S/c1-20(2)16-35-27(42)18-44-30(38-28-21(3)6-5-7-22(28)4)39-37-17-23-8-10-24(11-9-23)29-36-19-41(40-29)25-12-14-26(15-13-25)43-31(32,33)34/h5-15,17,19-20H,16,18H2,1-4H3,(H,35,42)(H,38,39)/b37-17-. The molecule has 0 saturated carbocycles. The van der Waals surface area contributed by atoms with Crippen molar-refractivity contribution in [3.05, 3.63) is 89.7 Å². The third kappa shape index (κ3) is 9.69. The van der Waals surface area contributed by atoms with Crippen LogP contribution in [0.25, 0.3) is 17.1 Å². The number of halogens is 3. The number of aryl methyl sites for hydroxylation is 2. The molecular weight excluding hydrogens is 591 g/mol. The van der Waals surface area contributed by atoms with Gasteiger partial charge in [0.05, 0.1) is 23.3 Å². The van der Waals surface area contributed by atoms with E-state index < -0.39 is 6.36 Å². The fourth-order valence-corrected chi connectivity index (χ4v) is 4.52. The normalized spacial score (nSPS) is 12.1. The van der Waals surface area contributed by atoms with Crippen molar-refractivity contribution < 1.29 is 22.7 Å². The third-order valence-corrected chi connectivity index (χ3v) is 6.93. The van der Waals surface area contributed by atoms with Crippen molar-refractivity contribution in [1.29, 1.82) is 0 Å². The summed E-state index contributed by atoms with van der Waals surface area (Å²) >= 11 is 1.27. The van der Waals surface area contributed by atoms with Crippen LogP contribution in [0.1, 0.15) is 30.5 Å². The molecule has 0 radical (unpaired) electrons. The van der Waals surface area contributed by atoms with E-state index in [2.05, 4.69) is 30.7 Å². The summed E-state index contributed by atoms with van der Waals surface area (Å²) in [4.78, 5) is 21.4. The number of aromatic nitrogens is 3. The second-order valence-corrected chi connectivity index (χ2v) is 11.2. The maximum absolute atomic E-state index is 12.4. The Bertz CT molecular complexity index is 1600. The molecule has 0 aliphatic heterocycles. The number of benzene rings is 3. The number of rotatable bonds is 10. The Hall–Kier alpha value is -4.65. The molecule has 1 heterocycles. The second-order valence-electron chi connectivity index (χ2n) is 10.2. The molecule has 9 nitrogen and oxygen atoms in total. The Morgan fingerprint density at radius 1 is 1.05 bits per heavy atom. The van der Waals surface area contributed by atoms with Gasteiger partial charge in [0.1, 0.15) is 12.1 Å².